The van der Waals surface area contributed by atoms with Crippen molar-refractivity contribution in [1.82, 2.24) is 19.9 Å². The molecule has 1 aromatic carbocycles. The minimum atomic E-state index is -0.0953. The van der Waals surface area contributed by atoms with E-state index in [1.165, 1.54) is 5.56 Å². The number of benzene rings is 1. The van der Waals surface area contributed by atoms with Gasteiger partial charge in [0.15, 0.2) is 5.82 Å². The van der Waals surface area contributed by atoms with Gasteiger partial charge in [-0.15, -0.1) is 0 Å². The van der Waals surface area contributed by atoms with E-state index < -0.39 is 0 Å². The molecule has 0 aliphatic heterocycles. The average Bonchev–Trinajstić information content (AvgIpc) is 2.71. The quantitative estimate of drug-likeness (QED) is 0.473. The molecule has 0 saturated heterocycles. The van der Waals surface area contributed by atoms with Gasteiger partial charge in [0, 0.05) is 43.3 Å². The van der Waals surface area contributed by atoms with Crippen molar-refractivity contribution in [3.8, 4) is 0 Å². The number of hydrogen-bond donors (Lipinski definition) is 3. The maximum absolute atomic E-state index is 12.9. The highest BCUT2D eigenvalue weighted by Gasteiger charge is 2.11. The number of hydrogen-bond acceptors (Lipinski definition) is 6. The Morgan fingerprint density at radius 3 is 2.63 bits per heavy atom. The SMILES string of the molecule is Cc1nc(N)ccc1CNCCn1c(C)cnc(N[C@H](C)Cc2ccccc2)c1=O. The molecule has 30 heavy (non-hydrogen) atoms. The predicted molar refractivity (Wildman–Crippen MR) is 122 cm³/mol. The molecule has 2 heterocycles. The molecule has 0 bridgehead atoms. The first-order valence-corrected chi connectivity index (χ1v) is 10.2. The van der Waals surface area contributed by atoms with Crippen LogP contribution in [0.5, 0.6) is 0 Å². The van der Waals surface area contributed by atoms with Crippen molar-refractivity contribution in [2.45, 2.75) is 46.3 Å². The fraction of sp³-hybridized carbons (Fsp3) is 0.348. The molecular weight excluding hydrogens is 376 g/mol. The van der Waals surface area contributed by atoms with Crippen LogP contribution in [-0.4, -0.2) is 27.1 Å². The van der Waals surface area contributed by atoms with E-state index in [0.29, 0.717) is 31.3 Å². The van der Waals surface area contributed by atoms with Gasteiger partial charge in [-0.1, -0.05) is 36.4 Å². The lowest BCUT2D eigenvalue weighted by Gasteiger charge is -2.17. The van der Waals surface area contributed by atoms with Crippen LogP contribution >= 0.6 is 0 Å². The Kier molecular flexibility index (Phi) is 7.19. The summed E-state index contributed by atoms with van der Waals surface area (Å²) < 4.78 is 1.76. The van der Waals surface area contributed by atoms with Gasteiger partial charge < -0.3 is 20.9 Å². The summed E-state index contributed by atoms with van der Waals surface area (Å²) in [4.78, 5) is 21.5. The van der Waals surface area contributed by atoms with E-state index in [4.69, 9.17) is 5.73 Å². The van der Waals surface area contributed by atoms with Crippen molar-refractivity contribution in [3.05, 3.63) is 81.5 Å². The zero-order chi connectivity index (χ0) is 21.5. The molecule has 3 aromatic rings. The van der Waals surface area contributed by atoms with Crippen LogP contribution in [0.15, 0.2) is 53.5 Å². The first-order valence-electron chi connectivity index (χ1n) is 10.2. The molecular formula is C23H30N6O. The molecule has 4 N–H and O–H groups in total. The van der Waals surface area contributed by atoms with Gasteiger partial charge in [-0.05, 0) is 44.4 Å². The number of aromatic nitrogens is 3. The molecule has 0 saturated carbocycles. The molecule has 158 valence electrons. The Balaban J connectivity index is 1.59. The lowest BCUT2D eigenvalue weighted by Crippen LogP contribution is -2.33. The largest absolute Gasteiger partial charge is 0.384 e. The third-order valence-electron chi connectivity index (χ3n) is 5.07. The van der Waals surface area contributed by atoms with Crippen LogP contribution in [0.1, 0.15) is 29.4 Å². The number of rotatable bonds is 9. The summed E-state index contributed by atoms with van der Waals surface area (Å²) in [5, 5.41) is 6.65. The summed E-state index contributed by atoms with van der Waals surface area (Å²) in [6.07, 6.45) is 2.57. The molecule has 2 aromatic heterocycles. The number of anilines is 2. The highest BCUT2D eigenvalue weighted by atomic mass is 16.1. The van der Waals surface area contributed by atoms with E-state index in [1.807, 2.05) is 38.1 Å². The van der Waals surface area contributed by atoms with Crippen molar-refractivity contribution in [2.75, 3.05) is 17.6 Å². The van der Waals surface area contributed by atoms with Crippen LogP contribution in [0.2, 0.25) is 0 Å². The fourth-order valence-electron chi connectivity index (χ4n) is 3.41. The van der Waals surface area contributed by atoms with Crippen molar-refractivity contribution >= 4 is 11.6 Å². The molecule has 1 atom stereocenters. The normalized spacial score (nSPS) is 12.0. The fourth-order valence-corrected chi connectivity index (χ4v) is 3.41. The van der Waals surface area contributed by atoms with Gasteiger partial charge in [-0.3, -0.25) is 4.79 Å². The average molecular weight is 407 g/mol. The van der Waals surface area contributed by atoms with Crippen LogP contribution < -0.4 is 21.9 Å². The lowest BCUT2D eigenvalue weighted by molar-refractivity contribution is 0.570. The zero-order valence-electron chi connectivity index (χ0n) is 17.9. The van der Waals surface area contributed by atoms with Gasteiger partial charge >= 0.3 is 0 Å². The number of nitrogen functional groups attached to an aromatic ring is 1. The van der Waals surface area contributed by atoms with E-state index in [9.17, 15) is 4.79 Å². The van der Waals surface area contributed by atoms with Gasteiger partial charge in [0.1, 0.15) is 5.82 Å². The summed E-state index contributed by atoms with van der Waals surface area (Å²) >= 11 is 0. The maximum atomic E-state index is 12.9. The van der Waals surface area contributed by atoms with E-state index in [-0.39, 0.29) is 11.6 Å². The Morgan fingerprint density at radius 2 is 1.90 bits per heavy atom. The number of aryl methyl sites for hydroxylation is 2. The van der Waals surface area contributed by atoms with Gasteiger partial charge in [0.05, 0.1) is 0 Å². The first kappa shape index (κ1) is 21.5. The first-order chi connectivity index (χ1) is 14.4. The minimum absolute atomic E-state index is 0.0953. The Bertz CT molecular complexity index is 1030. The third-order valence-corrected chi connectivity index (χ3v) is 5.07. The summed E-state index contributed by atoms with van der Waals surface area (Å²) in [6.45, 7) is 7.81. The highest BCUT2D eigenvalue weighted by Crippen LogP contribution is 2.08. The van der Waals surface area contributed by atoms with Crippen molar-refractivity contribution in [2.24, 2.45) is 0 Å². The zero-order valence-corrected chi connectivity index (χ0v) is 17.9. The Morgan fingerprint density at radius 1 is 1.13 bits per heavy atom. The van der Waals surface area contributed by atoms with Crippen LogP contribution in [0.3, 0.4) is 0 Å². The third kappa shape index (κ3) is 5.67. The molecule has 7 heteroatoms. The lowest BCUT2D eigenvalue weighted by atomic mass is 10.1. The summed E-state index contributed by atoms with van der Waals surface area (Å²) in [5.41, 5.74) is 9.68. The molecule has 7 nitrogen and oxygen atoms in total. The molecule has 0 unspecified atom stereocenters. The smallest absolute Gasteiger partial charge is 0.293 e. The maximum Gasteiger partial charge on any atom is 0.293 e. The van der Waals surface area contributed by atoms with Gasteiger partial charge in [-0.25, -0.2) is 9.97 Å². The number of pyridine rings is 1. The van der Waals surface area contributed by atoms with Gasteiger partial charge in [0.2, 0.25) is 0 Å². The highest BCUT2D eigenvalue weighted by molar-refractivity contribution is 5.35. The topological polar surface area (TPSA) is 97.9 Å². The van der Waals surface area contributed by atoms with Crippen LogP contribution in [-0.2, 0) is 19.5 Å². The number of nitrogens with zero attached hydrogens (tertiary/aromatic N) is 3. The second-order valence-electron chi connectivity index (χ2n) is 7.60. The van der Waals surface area contributed by atoms with Crippen molar-refractivity contribution in [3.63, 3.8) is 0 Å². The van der Waals surface area contributed by atoms with E-state index in [0.717, 1.165) is 23.4 Å². The monoisotopic (exact) mass is 406 g/mol. The Labute approximate surface area is 177 Å². The molecule has 0 amide bonds. The minimum Gasteiger partial charge on any atom is -0.384 e. The van der Waals surface area contributed by atoms with Crippen molar-refractivity contribution in [1.29, 1.82) is 0 Å². The predicted octanol–water partition coefficient (Wildman–Crippen LogP) is 2.67. The summed E-state index contributed by atoms with van der Waals surface area (Å²) in [6, 6.07) is 14.1. The van der Waals surface area contributed by atoms with Gasteiger partial charge in [-0.2, -0.15) is 0 Å². The van der Waals surface area contributed by atoms with E-state index in [1.54, 1.807) is 16.8 Å². The van der Waals surface area contributed by atoms with Crippen LogP contribution in [0.4, 0.5) is 11.6 Å². The summed E-state index contributed by atoms with van der Waals surface area (Å²) in [5.74, 6) is 0.916. The molecule has 0 radical (unpaired) electrons. The van der Waals surface area contributed by atoms with Gasteiger partial charge in [0.25, 0.3) is 5.56 Å². The number of nitrogens with two attached hydrogens (primary N) is 1. The molecule has 0 aliphatic carbocycles. The van der Waals surface area contributed by atoms with Crippen molar-refractivity contribution < 1.29 is 0 Å². The molecule has 0 fully saturated rings. The summed E-state index contributed by atoms with van der Waals surface area (Å²) in [7, 11) is 0. The van der Waals surface area contributed by atoms with E-state index >= 15 is 0 Å². The molecule has 0 spiro atoms. The second kappa shape index (κ2) is 10.0. The molecule has 0 aliphatic rings. The molecule has 3 rings (SSSR count). The van der Waals surface area contributed by atoms with Crippen LogP contribution in [0, 0.1) is 13.8 Å². The standard InChI is InChI=1S/C23H30N6O/c1-16(13-19-7-5-4-6-8-19)27-22-23(30)29(17(2)14-26-22)12-11-25-15-20-9-10-21(24)28-18(20)3/h4-10,14,16,25H,11-13,15H2,1-3H3,(H2,24,28)(H,26,27)/t16-/m1/s1. The Hall–Kier alpha value is -3.19. The van der Waals surface area contributed by atoms with E-state index in [2.05, 4.69) is 39.7 Å². The second-order valence-corrected chi connectivity index (χ2v) is 7.60. The number of nitrogens with one attached hydrogen (secondary N) is 2. The van der Waals surface area contributed by atoms with Crippen LogP contribution in [0.25, 0.3) is 0 Å².